The molecule has 1 atom stereocenters. The lowest BCUT2D eigenvalue weighted by atomic mass is 9.91. The van der Waals surface area contributed by atoms with Gasteiger partial charge in [-0.1, -0.05) is 23.7 Å². The molecule has 0 fully saturated rings. The highest BCUT2D eigenvalue weighted by atomic mass is 35.5. The van der Waals surface area contributed by atoms with Crippen molar-refractivity contribution in [3.05, 3.63) is 64.6 Å². The zero-order valence-electron chi connectivity index (χ0n) is 18.5. The summed E-state index contributed by atoms with van der Waals surface area (Å²) in [7, 11) is -3.55. The fraction of sp³-hybridized carbons (Fsp3) is 0.273. The maximum atomic E-state index is 13.6. The van der Waals surface area contributed by atoms with Crippen LogP contribution < -0.4 is 5.01 Å². The highest BCUT2D eigenvalue weighted by Gasteiger charge is 2.74. The molecule has 1 aromatic carbocycles. The summed E-state index contributed by atoms with van der Waals surface area (Å²) in [6.45, 7) is 0. The second-order valence-electron chi connectivity index (χ2n) is 8.13. The molecule has 6 nitrogen and oxygen atoms in total. The van der Waals surface area contributed by atoms with Crippen LogP contribution in [0.3, 0.4) is 0 Å². The molecule has 15 heteroatoms. The van der Waals surface area contributed by atoms with Gasteiger partial charge in [-0.05, 0) is 36.4 Å². The van der Waals surface area contributed by atoms with Crippen molar-refractivity contribution in [2.45, 2.75) is 35.4 Å². The van der Waals surface area contributed by atoms with Crippen molar-refractivity contribution in [3.8, 4) is 10.4 Å². The Morgan fingerprint density at radius 1 is 1.03 bits per heavy atom. The predicted octanol–water partition coefficient (Wildman–Crippen LogP) is 6.03. The summed E-state index contributed by atoms with van der Waals surface area (Å²) < 4.78 is 105. The van der Waals surface area contributed by atoms with E-state index in [9.17, 15) is 39.9 Å². The lowest BCUT2D eigenvalue weighted by Gasteiger charge is -2.31. The number of benzene rings is 1. The van der Waals surface area contributed by atoms with E-state index < -0.39 is 46.0 Å². The normalized spacial score (nSPS) is 17.3. The monoisotopic (exact) mass is 583 g/mol. The molecule has 0 saturated carbocycles. The minimum atomic E-state index is -6.08. The van der Waals surface area contributed by atoms with Gasteiger partial charge in [0, 0.05) is 34.2 Å². The average Bonchev–Trinajstić information content (AvgIpc) is 3.44. The minimum Gasteiger partial charge on any atom is -0.369 e. The maximum Gasteiger partial charge on any atom is 0.431 e. The van der Waals surface area contributed by atoms with Crippen molar-refractivity contribution < 1.29 is 39.9 Å². The summed E-state index contributed by atoms with van der Waals surface area (Å²) in [5, 5.41) is 14.4. The van der Waals surface area contributed by atoms with Crippen LogP contribution in [-0.2, 0) is 9.84 Å². The second kappa shape index (κ2) is 9.26. The Labute approximate surface area is 215 Å². The molecule has 0 aliphatic carbocycles. The number of rotatable bonds is 5. The van der Waals surface area contributed by atoms with E-state index in [1.807, 2.05) is 0 Å². The Morgan fingerprint density at radius 2 is 1.68 bits per heavy atom. The number of para-hydroxylation sites is 1. The molecule has 4 rings (SSSR count). The number of nitrogens with zero attached hydrogens (tertiary/aromatic N) is 3. The van der Waals surface area contributed by atoms with Crippen LogP contribution >= 0.6 is 22.9 Å². The molecule has 3 heterocycles. The average molecular weight is 584 g/mol. The number of thiophene rings is 1. The van der Waals surface area contributed by atoms with Crippen molar-refractivity contribution in [2.24, 2.45) is 5.10 Å². The third-order valence-electron chi connectivity index (χ3n) is 5.60. The quantitative estimate of drug-likeness (QED) is 0.371. The standard InChI is InChI=1S/C22H16ClF6N3O3S2/c1-37(34,35)19-9-6-12(11-30-19)16-7-8-17(36-16)15-10-18(20(33,21(24,25)26)22(27,28)29)31-32(15)14-5-3-2-4-13(14)23/h2-9,11,15,33H,10H2,1H3. The SMILES string of the molecule is CS(=O)(=O)c1ccc(-c2ccc(C3CC(C(O)(C(F)(F)F)C(F)(F)F)=NN3c3ccccc3Cl)s2)cn1. The molecule has 37 heavy (non-hydrogen) atoms. The molecule has 198 valence electrons. The third kappa shape index (κ3) is 4.94. The fourth-order valence-electron chi connectivity index (χ4n) is 3.73. The van der Waals surface area contributed by atoms with Crippen LogP contribution in [0.4, 0.5) is 32.0 Å². The Bertz CT molecular complexity index is 1440. The van der Waals surface area contributed by atoms with Gasteiger partial charge in [0.15, 0.2) is 14.9 Å². The van der Waals surface area contributed by atoms with E-state index in [0.29, 0.717) is 15.3 Å². The van der Waals surface area contributed by atoms with Gasteiger partial charge >= 0.3 is 12.4 Å². The van der Waals surface area contributed by atoms with E-state index in [-0.39, 0.29) is 15.7 Å². The van der Waals surface area contributed by atoms with Gasteiger partial charge in [0.1, 0.15) is 0 Å². The highest BCUT2D eigenvalue weighted by molar-refractivity contribution is 7.90. The van der Waals surface area contributed by atoms with Crippen molar-refractivity contribution in [1.82, 2.24) is 4.98 Å². The predicted molar refractivity (Wildman–Crippen MR) is 126 cm³/mol. The van der Waals surface area contributed by atoms with Crippen molar-refractivity contribution >= 4 is 44.2 Å². The van der Waals surface area contributed by atoms with Crippen molar-refractivity contribution in [1.29, 1.82) is 0 Å². The molecular formula is C22H16ClF6N3O3S2. The third-order valence-corrected chi connectivity index (χ3v) is 8.16. The fourth-order valence-corrected chi connectivity index (χ4v) is 5.60. The molecule has 1 aliphatic heterocycles. The van der Waals surface area contributed by atoms with E-state index in [1.54, 1.807) is 6.07 Å². The molecule has 3 aromatic rings. The molecule has 2 aromatic heterocycles. The summed E-state index contributed by atoms with van der Waals surface area (Å²) in [5.41, 5.74) is -6.16. The van der Waals surface area contributed by atoms with E-state index in [0.717, 1.165) is 22.6 Å². The molecular weight excluding hydrogens is 568 g/mol. The largest absolute Gasteiger partial charge is 0.431 e. The minimum absolute atomic E-state index is 0.0254. The van der Waals surface area contributed by atoms with Gasteiger partial charge in [0.2, 0.25) is 0 Å². The number of hydrazone groups is 1. The number of aromatic nitrogens is 1. The highest BCUT2D eigenvalue weighted by Crippen LogP contribution is 2.50. The Kier molecular flexibility index (Phi) is 6.84. The Morgan fingerprint density at radius 3 is 2.22 bits per heavy atom. The van der Waals surface area contributed by atoms with E-state index >= 15 is 0 Å². The summed E-state index contributed by atoms with van der Waals surface area (Å²) in [6, 6.07) is 10.5. The second-order valence-corrected chi connectivity index (χ2v) is 11.6. The van der Waals surface area contributed by atoms with E-state index in [4.69, 9.17) is 11.6 Å². The number of sulfone groups is 1. The van der Waals surface area contributed by atoms with Gasteiger partial charge in [-0.3, -0.25) is 5.01 Å². The molecule has 0 bridgehead atoms. The topological polar surface area (TPSA) is 82.9 Å². The van der Waals surface area contributed by atoms with Gasteiger partial charge < -0.3 is 5.11 Å². The van der Waals surface area contributed by atoms with Gasteiger partial charge in [-0.15, -0.1) is 11.3 Å². The molecule has 1 N–H and O–H groups in total. The Balaban J connectivity index is 1.78. The number of pyridine rings is 1. The number of hydrogen-bond donors (Lipinski definition) is 1. The molecule has 1 aliphatic rings. The lowest BCUT2D eigenvalue weighted by Crippen LogP contribution is -2.62. The van der Waals surface area contributed by atoms with Crippen molar-refractivity contribution in [3.63, 3.8) is 0 Å². The van der Waals surface area contributed by atoms with Gasteiger partial charge in [-0.25, -0.2) is 13.4 Å². The first-order valence-corrected chi connectivity index (χ1v) is 13.4. The van der Waals surface area contributed by atoms with Gasteiger partial charge in [0.05, 0.1) is 22.5 Å². The first-order valence-electron chi connectivity index (χ1n) is 10.3. The number of hydrogen-bond acceptors (Lipinski definition) is 7. The zero-order chi connectivity index (χ0) is 27.4. The summed E-state index contributed by atoms with van der Waals surface area (Å²) >= 11 is 7.22. The molecule has 0 spiro atoms. The first kappa shape index (κ1) is 27.4. The zero-order valence-corrected chi connectivity index (χ0v) is 20.9. The van der Waals surface area contributed by atoms with E-state index in [1.165, 1.54) is 48.7 Å². The molecule has 0 radical (unpaired) electrons. The first-order chi connectivity index (χ1) is 17.0. The van der Waals surface area contributed by atoms with Crippen LogP contribution in [0, 0.1) is 0 Å². The van der Waals surface area contributed by atoms with Crippen LogP contribution in [-0.4, -0.2) is 48.4 Å². The van der Waals surface area contributed by atoms with Crippen LogP contribution in [0.2, 0.25) is 5.02 Å². The van der Waals surface area contributed by atoms with Crippen LogP contribution in [0.15, 0.2) is 64.9 Å². The number of alkyl halides is 6. The van der Waals surface area contributed by atoms with Crippen LogP contribution in [0.25, 0.3) is 10.4 Å². The molecule has 0 amide bonds. The summed E-state index contributed by atoms with van der Waals surface area (Å²) in [4.78, 5) is 4.74. The summed E-state index contributed by atoms with van der Waals surface area (Å²) in [5.74, 6) is 0. The van der Waals surface area contributed by atoms with Crippen molar-refractivity contribution in [2.75, 3.05) is 11.3 Å². The van der Waals surface area contributed by atoms with Crippen LogP contribution in [0.1, 0.15) is 17.3 Å². The molecule has 1 unspecified atom stereocenters. The summed E-state index contributed by atoms with van der Waals surface area (Å²) in [6.07, 6.45) is -10.8. The van der Waals surface area contributed by atoms with Crippen LogP contribution in [0.5, 0.6) is 0 Å². The van der Waals surface area contributed by atoms with E-state index in [2.05, 4.69) is 10.1 Å². The number of halogens is 7. The van der Waals surface area contributed by atoms with Gasteiger partial charge in [-0.2, -0.15) is 31.4 Å². The number of anilines is 1. The lowest BCUT2D eigenvalue weighted by molar-refractivity contribution is -0.338. The maximum absolute atomic E-state index is 13.6. The Hall–Kier alpha value is -2.68. The molecule has 0 saturated heterocycles. The van der Waals surface area contributed by atoms with Gasteiger partial charge in [0.25, 0.3) is 5.60 Å². The smallest absolute Gasteiger partial charge is 0.369 e. The number of aliphatic hydroxyl groups is 1.